The number of rotatable bonds is 4. The molecule has 0 aliphatic carbocycles. The second kappa shape index (κ2) is 5.09. The number of nitrogens with zero attached hydrogens (tertiary/aromatic N) is 1. The van der Waals surface area contributed by atoms with Gasteiger partial charge in [-0.2, -0.15) is 0 Å². The molecule has 0 saturated carbocycles. The van der Waals surface area contributed by atoms with Crippen LogP contribution < -0.4 is 5.32 Å². The van der Waals surface area contributed by atoms with Crippen LogP contribution in [0.25, 0.3) is 11.1 Å². The zero-order chi connectivity index (χ0) is 14.0. The monoisotopic (exact) mass is 262 g/mol. The Labute approximate surface area is 109 Å². The third-order valence-electron chi connectivity index (χ3n) is 2.73. The molecular formula is C13H14N2O4. The number of hydrogen-bond acceptors (Lipinski definition) is 4. The van der Waals surface area contributed by atoms with Crippen LogP contribution in [0.3, 0.4) is 0 Å². The lowest BCUT2D eigenvalue weighted by atomic mass is 10.2. The Morgan fingerprint density at radius 2 is 2.21 bits per heavy atom. The average Bonchev–Trinajstić information content (AvgIpc) is 2.78. The van der Waals surface area contributed by atoms with Gasteiger partial charge in [0.2, 0.25) is 0 Å². The molecule has 2 aromatic heterocycles. The van der Waals surface area contributed by atoms with Crippen molar-refractivity contribution in [1.29, 1.82) is 0 Å². The molecule has 2 aromatic rings. The van der Waals surface area contributed by atoms with Crippen molar-refractivity contribution in [2.45, 2.75) is 13.8 Å². The van der Waals surface area contributed by atoms with E-state index < -0.39 is 17.8 Å². The fourth-order valence-electron chi connectivity index (χ4n) is 1.56. The topological polar surface area (TPSA) is 92.4 Å². The largest absolute Gasteiger partial charge is 0.481 e. The maximum atomic E-state index is 11.8. The highest BCUT2D eigenvalue weighted by Gasteiger charge is 2.16. The number of amides is 1. The Morgan fingerprint density at radius 3 is 2.89 bits per heavy atom. The van der Waals surface area contributed by atoms with E-state index in [1.54, 1.807) is 18.2 Å². The van der Waals surface area contributed by atoms with Crippen molar-refractivity contribution in [3.8, 4) is 0 Å². The lowest BCUT2D eigenvalue weighted by Crippen LogP contribution is -2.31. The molecule has 2 N–H and O–H groups in total. The van der Waals surface area contributed by atoms with Crippen LogP contribution in [0, 0.1) is 12.8 Å². The van der Waals surface area contributed by atoms with E-state index >= 15 is 0 Å². The highest BCUT2D eigenvalue weighted by atomic mass is 16.4. The molecule has 0 spiro atoms. The van der Waals surface area contributed by atoms with Crippen molar-refractivity contribution < 1.29 is 19.1 Å². The molecule has 0 aliphatic rings. The average molecular weight is 262 g/mol. The number of carbonyl (C=O) groups excluding carboxylic acids is 1. The van der Waals surface area contributed by atoms with Gasteiger partial charge in [-0.3, -0.25) is 9.59 Å². The normalized spacial score (nSPS) is 12.3. The summed E-state index contributed by atoms with van der Waals surface area (Å²) in [5, 5.41) is 11.2. The van der Waals surface area contributed by atoms with Crippen LogP contribution in [0.2, 0.25) is 0 Å². The summed E-state index contributed by atoms with van der Waals surface area (Å²) >= 11 is 0. The fourth-order valence-corrected chi connectivity index (χ4v) is 1.56. The lowest BCUT2D eigenvalue weighted by Gasteiger charge is -2.06. The molecule has 1 amide bonds. The Hall–Kier alpha value is -2.37. The molecule has 6 heteroatoms. The van der Waals surface area contributed by atoms with Gasteiger partial charge in [-0.05, 0) is 19.1 Å². The van der Waals surface area contributed by atoms with Gasteiger partial charge in [0.1, 0.15) is 5.52 Å². The van der Waals surface area contributed by atoms with Gasteiger partial charge in [-0.25, -0.2) is 4.98 Å². The number of carboxylic acids is 1. The molecule has 1 atom stereocenters. The van der Waals surface area contributed by atoms with Crippen molar-refractivity contribution in [1.82, 2.24) is 10.3 Å². The van der Waals surface area contributed by atoms with Gasteiger partial charge in [-0.15, -0.1) is 0 Å². The number of carbonyl (C=O) groups is 2. The molecule has 1 unspecified atom stereocenters. The molecule has 0 bridgehead atoms. The number of furan rings is 1. The molecule has 0 fully saturated rings. The lowest BCUT2D eigenvalue weighted by molar-refractivity contribution is -0.140. The van der Waals surface area contributed by atoms with E-state index in [1.807, 2.05) is 6.92 Å². The van der Waals surface area contributed by atoms with Crippen LogP contribution in [0.4, 0.5) is 0 Å². The van der Waals surface area contributed by atoms with Gasteiger partial charge in [0.25, 0.3) is 5.91 Å². The smallest absolute Gasteiger partial charge is 0.308 e. The minimum atomic E-state index is -0.956. The summed E-state index contributed by atoms with van der Waals surface area (Å²) in [4.78, 5) is 26.7. The molecule has 6 nitrogen and oxygen atoms in total. The number of fused-ring (bicyclic) bond motifs is 1. The third-order valence-corrected chi connectivity index (χ3v) is 2.73. The van der Waals surface area contributed by atoms with Crippen molar-refractivity contribution in [3.05, 3.63) is 29.7 Å². The quantitative estimate of drug-likeness (QED) is 0.872. The number of aromatic nitrogens is 1. The molecule has 0 saturated heterocycles. The van der Waals surface area contributed by atoms with Crippen LogP contribution in [-0.2, 0) is 4.79 Å². The summed E-state index contributed by atoms with van der Waals surface area (Å²) in [5.41, 5.74) is 1.97. The number of carboxylic acid groups (broad SMARTS) is 1. The van der Waals surface area contributed by atoms with Gasteiger partial charge < -0.3 is 14.8 Å². The molecular weight excluding hydrogens is 248 g/mol. The first-order valence-electron chi connectivity index (χ1n) is 5.85. The highest BCUT2D eigenvalue weighted by Crippen LogP contribution is 2.17. The van der Waals surface area contributed by atoms with E-state index in [9.17, 15) is 9.59 Å². The minimum Gasteiger partial charge on any atom is -0.481 e. The van der Waals surface area contributed by atoms with Crippen LogP contribution in [0.5, 0.6) is 0 Å². The van der Waals surface area contributed by atoms with E-state index in [0.717, 1.165) is 5.69 Å². The Morgan fingerprint density at radius 1 is 1.47 bits per heavy atom. The zero-order valence-electron chi connectivity index (χ0n) is 10.6. The standard InChI is InChI=1S/C13H14N2O4/c1-7(13(17)18)6-14-12(16)11-5-9-10(19-11)4-3-8(2)15-9/h3-5,7H,6H2,1-2H3,(H,14,16)(H,17,18). The fraction of sp³-hybridized carbons (Fsp3) is 0.308. The molecule has 0 radical (unpaired) electrons. The van der Waals surface area contributed by atoms with Gasteiger partial charge in [0.05, 0.1) is 5.92 Å². The van der Waals surface area contributed by atoms with E-state index in [0.29, 0.717) is 11.1 Å². The molecule has 0 aromatic carbocycles. The third kappa shape index (κ3) is 2.90. The van der Waals surface area contributed by atoms with Crippen LogP contribution in [-0.4, -0.2) is 28.5 Å². The maximum absolute atomic E-state index is 11.8. The maximum Gasteiger partial charge on any atom is 0.308 e. The molecule has 100 valence electrons. The second-order valence-electron chi connectivity index (χ2n) is 4.40. The Balaban J connectivity index is 2.11. The van der Waals surface area contributed by atoms with E-state index in [-0.39, 0.29) is 12.3 Å². The van der Waals surface area contributed by atoms with Crippen molar-refractivity contribution in [3.63, 3.8) is 0 Å². The molecule has 0 aliphatic heterocycles. The summed E-state index contributed by atoms with van der Waals surface area (Å²) in [6.45, 7) is 3.42. The first-order valence-corrected chi connectivity index (χ1v) is 5.85. The van der Waals surface area contributed by atoms with Gasteiger partial charge in [0.15, 0.2) is 11.3 Å². The number of pyridine rings is 1. The number of hydrogen-bond donors (Lipinski definition) is 2. The van der Waals surface area contributed by atoms with Crippen LogP contribution in [0.15, 0.2) is 22.6 Å². The summed E-state index contributed by atoms with van der Waals surface area (Å²) in [5.74, 6) is -1.91. The zero-order valence-corrected chi connectivity index (χ0v) is 10.6. The van der Waals surface area contributed by atoms with E-state index in [4.69, 9.17) is 9.52 Å². The first kappa shape index (κ1) is 13.1. The minimum absolute atomic E-state index is 0.0532. The summed E-state index contributed by atoms with van der Waals surface area (Å²) in [6.07, 6.45) is 0. The summed E-state index contributed by atoms with van der Waals surface area (Å²) < 4.78 is 5.36. The number of aliphatic carboxylic acids is 1. The number of aryl methyl sites for hydroxylation is 1. The van der Waals surface area contributed by atoms with Gasteiger partial charge >= 0.3 is 5.97 Å². The first-order chi connectivity index (χ1) is 8.97. The SMILES string of the molecule is Cc1ccc2oc(C(=O)NCC(C)C(=O)O)cc2n1. The summed E-state index contributed by atoms with van der Waals surface area (Å²) in [7, 11) is 0. The van der Waals surface area contributed by atoms with E-state index in [1.165, 1.54) is 6.92 Å². The van der Waals surface area contributed by atoms with E-state index in [2.05, 4.69) is 10.3 Å². The predicted molar refractivity (Wildman–Crippen MR) is 67.9 cm³/mol. The molecule has 19 heavy (non-hydrogen) atoms. The molecule has 2 rings (SSSR count). The Bertz CT molecular complexity index is 633. The summed E-state index contributed by atoms with van der Waals surface area (Å²) in [6, 6.07) is 5.08. The van der Waals surface area contributed by atoms with Gasteiger partial charge in [0, 0.05) is 18.3 Å². The second-order valence-corrected chi connectivity index (χ2v) is 4.40. The van der Waals surface area contributed by atoms with Crippen LogP contribution in [0.1, 0.15) is 23.2 Å². The van der Waals surface area contributed by atoms with Crippen molar-refractivity contribution in [2.75, 3.05) is 6.54 Å². The highest BCUT2D eigenvalue weighted by molar-refractivity contribution is 5.95. The van der Waals surface area contributed by atoms with Crippen molar-refractivity contribution >= 4 is 23.0 Å². The van der Waals surface area contributed by atoms with Crippen LogP contribution >= 0.6 is 0 Å². The number of nitrogens with one attached hydrogen (secondary N) is 1. The Kier molecular flexibility index (Phi) is 3.50. The van der Waals surface area contributed by atoms with Gasteiger partial charge in [-0.1, -0.05) is 6.92 Å². The molecule has 2 heterocycles. The predicted octanol–water partition coefficient (Wildman–Crippen LogP) is 1.59. The van der Waals surface area contributed by atoms with Crippen molar-refractivity contribution in [2.24, 2.45) is 5.92 Å².